The summed E-state index contributed by atoms with van der Waals surface area (Å²) in [4.78, 5) is 0. The molecular weight excluding hydrogens is 304 g/mol. The van der Waals surface area contributed by atoms with Crippen LogP contribution in [0.3, 0.4) is 0 Å². The van der Waals surface area contributed by atoms with Crippen LogP contribution in [0.4, 0.5) is 5.82 Å². The van der Waals surface area contributed by atoms with Crippen molar-refractivity contribution in [1.82, 2.24) is 5.16 Å². The molecule has 7 heteroatoms. The van der Waals surface area contributed by atoms with E-state index >= 15 is 0 Å². The quantitative estimate of drug-likeness (QED) is 0.917. The van der Waals surface area contributed by atoms with Crippen molar-refractivity contribution in [2.24, 2.45) is 0 Å². The molecule has 0 amide bonds. The van der Waals surface area contributed by atoms with Gasteiger partial charge in [0, 0.05) is 6.07 Å². The van der Waals surface area contributed by atoms with E-state index in [4.69, 9.17) is 24.5 Å². The van der Waals surface area contributed by atoms with Crippen molar-refractivity contribution in [2.45, 2.75) is 0 Å². The average molecular weight is 313 g/mol. The van der Waals surface area contributed by atoms with Gasteiger partial charge in [0.2, 0.25) is 6.79 Å². The first-order valence-electron chi connectivity index (χ1n) is 5.09. The molecule has 0 aliphatic carbocycles. The molecule has 6 nitrogen and oxygen atoms in total. The number of nitrogens with zero attached hydrogens (tertiary/aromatic N) is 1. The third-order valence-corrected chi connectivity index (χ3v) is 3.28. The first-order valence-corrected chi connectivity index (χ1v) is 5.88. The maximum absolute atomic E-state index is 5.54. The second kappa shape index (κ2) is 4.09. The zero-order valence-corrected chi connectivity index (χ0v) is 11.0. The Balaban J connectivity index is 2.23. The molecule has 2 N–H and O–H groups in total. The molecule has 0 atom stereocenters. The third kappa shape index (κ3) is 1.59. The predicted octanol–water partition coefficient (Wildman–Crippen LogP) is 2.42. The molecule has 2 heterocycles. The molecule has 1 aromatic heterocycles. The Morgan fingerprint density at radius 3 is 2.89 bits per heavy atom. The number of aromatic nitrogens is 1. The fraction of sp³-hybridized carbons (Fsp3) is 0.182. The van der Waals surface area contributed by atoms with Crippen LogP contribution in [0.5, 0.6) is 17.2 Å². The number of methoxy groups -OCH3 is 1. The summed E-state index contributed by atoms with van der Waals surface area (Å²) in [5.41, 5.74) is 6.24. The molecule has 0 saturated carbocycles. The van der Waals surface area contributed by atoms with Crippen molar-refractivity contribution in [3.63, 3.8) is 0 Å². The number of fused-ring (bicyclic) bond motifs is 1. The van der Waals surface area contributed by atoms with Gasteiger partial charge in [-0.05, 0) is 22.0 Å². The molecule has 0 spiro atoms. The van der Waals surface area contributed by atoms with E-state index < -0.39 is 0 Å². The van der Waals surface area contributed by atoms with Crippen LogP contribution in [0.2, 0.25) is 0 Å². The second-order valence-corrected chi connectivity index (χ2v) is 4.41. The molecule has 0 bridgehead atoms. The van der Waals surface area contributed by atoms with Gasteiger partial charge in [0.25, 0.3) is 0 Å². The number of halogens is 1. The van der Waals surface area contributed by atoms with Crippen LogP contribution >= 0.6 is 15.9 Å². The Bertz CT molecular complexity index is 611. The fourth-order valence-electron chi connectivity index (χ4n) is 1.78. The van der Waals surface area contributed by atoms with E-state index in [2.05, 4.69) is 21.1 Å². The van der Waals surface area contributed by atoms with Gasteiger partial charge >= 0.3 is 0 Å². The summed E-state index contributed by atoms with van der Waals surface area (Å²) in [6.45, 7) is 0.180. The minimum atomic E-state index is 0.180. The Kier molecular flexibility index (Phi) is 2.55. The number of nitrogen functional groups attached to an aromatic ring is 1. The fourth-order valence-corrected chi connectivity index (χ4v) is 2.47. The maximum Gasteiger partial charge on any atom is 0.231 e. The molecule has 94 valence electrons. The second-order valence-electron chi connectivity index (χ2n) is 3.62. The summed E-state index contributed by atoms with van der Waals surface area (Å²) in [7, 11) is 1.56. The smallest absolute Gasteiger partial charge is 0.231 e. The Labute approximate surface area is 111 Å². The Morgan fingerprint density at radius 1 is 1.39 bits per heavy atom. The lowest BCUT2D eigenvalue weighted by Gasteiger charge is -2.10. The van der Waals surface area contributed by atoms with Gasteiger partial charge in [-0.1, -0.05) is 5.16 Å². The molecule has 0 fully saturated rings. The van der Waals surface area contributed by atoms with E-state index in [0.29, 0.717) is 38.9 Å². The van der Waals surface area contributed by atoms with E-state index in [1.165, 1.54) is 0 Å². The average Bonchev–Trinajstić information content (AvgIpc) is 2.97. The van der Waals surface area contributed by atoms with Gasteiger partial charge in [0.05, 0.1) is 12.7 Å². The van der Waals surface area contributed by atoms with Crippen LogP contribution in [0.1, 0.15) is 0 Å². The van der Waals surface area contributed by atoms with Crippen molar-refractivity contribution in [2.75, 3.05) is 19.6 Å². The highest BCUT2D eigenvalue weighted by Crippen LogP contribution is 2.49. The molecule has 1 aromatic carbocycles. The normalized spacial score (nSPS) is 12.8. The summed E-state index contributed by atoms with van der Waals surface area (Å²) in [5, 5.41) is 3.65. The lowest BCUT2D eigenvalue weighted by molar-refractivity contribution is 0.173. The third-order valence-electron chi connectivity index (χ3n) is 2.56. The van der Waals surface area contributed by atoms with Gasteiger partial charge in [-0.25, -0.2) is 0 Å². The molecule has 2 aromatic rings. The Morgan fingerprint density at radius 2 is 2.22 bits per heavy atom. The lowest BCUT2D eigenvalue weighted by atomic mass is 10.1. The molecule has 0 saturated heterocycles. The van der Waals surface area contributed by atoms with Gasteiger partial charge in [0.15, 0.2) is 23.1 Å². The largest absolute Gasteiger partial charge is 0.495 e. The predicted molar refractivity (Wildman–Crippen MR) is 66.7 cm³/mol. The van der Waals surface area contributed by atoms with E-state index in [1.54, 1.807) is 19.2 Å². The molecule has 1 aliphatic heterocycles. The number of hydrogen-bond acceptors (Lipinski definition) is 6. The molecule has 1 aliphatic rings. The standard InChI is InChI=1S/C11H9BrN2O4/c1-15-10-5(6-3-8(13)14-18-6)2-7-11(9(10)12)17-4-16-7/h2-3H,4H2,1H3,(H2,13,14). The van der Waals surface area contributed by atoms with Crippen LogP contribution in [-0.2, 0) is 0 Å². The molecule has 0 radical (unpaired) electrons. The maximum atomic E-state index is 5.54. The van der Waals surface area contributed by atoms with Gasteiger partial charge < -0.3 is 24.5 Å². The van der Waals surface area contributed by atoms with E-state index in [1.807, 2.05) is 0 Å². The van der Waals surface area contributed by atoms with Crippen molar-refractivity contribution in [3.8, 4) is 28.6 Å². The summed E-state index contributed by atoms with van der Waals surface area (Å²) in [6.07, 6.45) is 0. The summed E-state index contributed by atoms with van der Waals surface area (Å²) >= 11 is 3.42. The molecular formula is C11H9BrN2O4. The van der Waals surface area contributed by atoms with Gasteiger partial charge in [0.1, 0.15) is 10.2 Å². The highest BCUT2D eigenvalue weighted by Gasteiger charge is 2.25. The minimum Gasteiger partial charge on any atom is -0.495 e. The zero-order chi connectivity index (χ0) is 12.7. The van der Waals surface area contributed by atoms with E-state index in [-0.39, 0.29) is 6.79 Å². The minimum absolute atomic E-state index is 0.180. The Hall–Kier alpha value is -1.89. The van der Waals surface area contributed by atoms with Crippen molar-refractivity contribution >= 4 is 21.7 Å². The number of nitrogens with two attached hydrogens (primary N) is 1. The van der Waals surface area contributed by atoms with Crippen LogP contribution < -0.4 is 19.9 Å². The van der Waals surface area contributed by atoms with Crippen LogP contribution in [0, 0.1) is 0 Å². The van der Waals surface area contributed by atoms with Crippen LogP contribution in [0.15, 0.2) is 21.1 Å². The monoisotopic (exact) mass is 312 g/mol. The first kappa shape index (κ1) is 11.2. The number of hydrogen-bond donors (Lipinski definition) is 1. The van der Waals surface area contributed by atoms with Crippen LogP contribution in [-0.4, -0.2) is 19.1 Å². The lowest BCUT2D eigenvalue weighted by Crippen LogP contribution is -1.93. The van der Waals surface area contributed by atoms with Gasteiger partial charge in [-0.2, -0.15) is 0 Å². The number of ether oxygens (including phenoxy) is 3. The van der Waals surface area contributed by atoms with Crippen LogP contribution in [0.25, 0.3) is 11.3 Å². The van der Waals surface area contributed by atoms with Crippen molar-refractivity contribution in [3.05, 3.63) is 16.6 Å². The van der Waals surface area contributed by atoms with Crippen molar-refractivity contribution in [1.29, 1.82) is 0 Å². The number of benzene rings is 1. The molecule has 3 rings (SSSR count). The SMILES string of the molecule is COc1c(-c2cc(N)no2)cc2c(c1Br)OCO2. The zero-order valence-electron chi connectivity index (χ0n) is 9.40. The highest BCUT2D eigenvalue weighted by molar-refractivity contribution is 9.10. The van der Waals surface area contributed by atoms with E-state index in [9.17, 15) is 0 Å². The number of anilines is 1. The van der Waals surface area contributed by atoms with E-state index in [0.717, 1.165) is 0 Å². The highest BCUT2D eigenvalue weighted by atomic mass is 79.9. The molecule has 18 heavy (non-hydrogen) atoms. The van der Waals surface area contributed by atoms with Crippen molar-refractivity contribution < 1.29 is 18.7 Å². The first-order chi connectivity index (χ1) is 8.70. The summed E-state index contributed by atoms with van der Waals surface area (Å²) in [6, 6.07) is 3.39. The number of rotatable bonds is 2. The van der Waals surface area contributed by atoms with Gasteiger partial charge in [-0.15, -0.1) is 0 Å². The van der Waals surface area contributed by atoms with Gasteiger partial charge in [-0.3, -0.25) is 0 Å². The molecule has 0 unspecified atom stereocenters. The topological polar surface area (TPSA) is 79.7 Å². The summed E-state index contributed by atoms with van der Waals surface area (Å²) < 4.78 is 21.9. The summed E-state index contributed by atoms with van der Waals surface area (Å²) in [5.74, 6) is 2.62.